The number of primary amides is 1. The van der Waals surface area contributed by atoms with Gasteiger partial charge in [0, 0.05) is 18.2 Å². The maximum atomic E-state index is 14.5. The van der Waals surface area contributed by atoms with Crippen molar-refractivity contribution in [1.82, 2.24) is 10.2 Å². The molecule has 9 heteroatoms. The number of benzene rings is 3. The van der Waals surface area contributed by atoms with Crippen LogP contribution in [0.15, 0.2) is 60.7 Å². The number of ether oxygens (including phenoxy) is 1. The quantitative estimate of drug-likeness (QED) is 0.256. The van der Waals surface area contributed by atoms with E-state index in [0.717, 1.165) is 21.9 Å². The fourth-order valence-corrected chi connectivity index (χ4v) is 5.10. The van der Waals surface area contributed by atoms with Gasteiger partial charge in [0.25, 0.3) is 5.91 Å². The van der Waals surface area contributed by atoms with Gasteiger partial charge in [-0.3, -0.25) is 14.4 Å². The van der Waals surface area contributed by atoms with Gasteiger partial charge in [-0.2, -0.15) is 0 Å². The number of rotatable bonds is 11. The molecule has 3 rings (SSSR count). The second-order valence-electron chi connectivity index (χ2n) is 12.0. The van der Waals surface area contributed by atoms with Crippen LogP contribution in [0, 0.1) is 13.8 Å². The van der Waals surface area contributed by atoms with E-state index in [1.54, 1.807) is 20.8 Å². The van der Waals surface area contributed by atoms with Crippen LogP contribution in [0.5, 0.6) is 0 Å². The van der Waals surface area contributed by atoms with Gasteiger partial charge in [0.2, 0.25) is 11.8 Å². The van der Waals surface area contributed by atoms with Gasteiger partial charge in [-0.15, -0.1) is 0 Å². The Kier molecular flexibility index (Phi) is 10.9. The molecule has 0 saturated carbocycles. The van der Waals surface area contributed by atoms with Crippen molar-refractivity contribution < 1.29 is 23.9 Å². The Hall–Kier alpha value is -4.40. The zero-order chi connectivity index (χ0) is 31.9. The first kappa shape index (κ1) is 33.1. The Morgan fingerprint density at radius 1 is 0.930 bits per heavy atom. The van der Waals surface area contributed by atoms with E-state index in [9.17, 15) is 19.2 Å². The molecule has 0 radical (unpaired) electrons. The Morgan fingerprint density at radius 3 is 2.14 bits per heavy atom. The highest BCUT2D eigenvalue weighted by molar-refractivity contribution is 6.01. The molecular weight excluding hydrogens is 544 g/mol. The predicted molar refractivity (Wildman–Crippen MR) is 169 cm³/mol. The summed E-state index contributed by atoms with van der Waals surface area (Å²) in [6.45, 7) is 12.7. The molecule has 3 aromatic carbocycles. The summed E-state index contributed by atoms with van der Waals surface area (Å²) in [5.74, 6) is -1.52. The largest absolute Gasteiger partial charge is 0.444 e. The number of anilines is 1. The third-order valence-electron chi connectivity index (χ3n) is 7.35. The third-order valence-corrected chi connectivity index (χ3v) is 7.35. The highest BCUT2D eigenvalue weighted by Crippen LogP contribution is 2.32. The summed E-state index contributed by atoms with van der Waals surface area (Å²) in [5.41, 5.74) is 7.59. The maximum Gasteiger partial charge on any atom is 0.408 e. The van der Waals surface area contributed by atoms with E-state index in [4.69, 9.17) is 10.5 Å². The molecule has 0 aliphatic carbocycles. The molecular formula is C34H44N4O5. The van der Waals surface area contributed by atoms with E-state index in [-0.39, 0.29) is 12.8 Å². The molecule has 0 heterocycles. The second kappa shape index (κ2) is 14.2. The van der Waals surface area contributed by atoms with Crippen LogP contribution in [-0.2, 0) is 19.1 Å². The first-order chi connectivity index (χ1) is 20.2. The molecule has 4 amide bonds. The maximum absolute atomic E-state index is 14.5. The number of fused-ring (bicyclic) bond motifs is 1. The van der Waals surface area contributed by atoms with Gasteiger partial charge in [0.15, 0.2) is 0 Å². The van der Waals surface area contributed by atoms with Gasteiger partial charge in [0.05, 0.1) is 0 Å². The van der Waals surface area contributed by atoms with Crippen molar-refractivity contribution in [3.63, 3.8) is 0 Å². The normalized spacial score (nSPS) is 13.5. The number of amides is 4. The van der Waals surface area contributed by atoms with Crippen LogP contribution in [0.1, 0.15) is 76.6 Å². The number of carbonyl (C=O) groups excluding carboxylic acids is 4. The molecule has 4 N–H and O–H groups in total. The predicted octanol–water partition coefficient (Wildman–Crippen LogP) is 5.92. The van der Waals surface area contributed by atoms with E-state index < -0.39 is 47.5 Å². The third kappa shape index (κ3) is 8.80. The topological polar surface area (TPSA) is 131 Å². The second-order valence-corrected chi connectivity index (χ2v) is 12.0. The lowest BCUT2D eigenvalue weighted by Gasteiger charge is -2.39. The van der Waals surface area contributed by atoms with Crippen molar-refractivity contribution in [3.8, 4) is 0 Å². The van der Waals surface area contributed by atoms with Crippen molar-refractivity contribution >= 4 is 40.3 Å². The molecule has 0 saturated heterocycles. The van der Waals surface area contributed by atoms with Gasteiger partial charge in [-0.25, -0.2) is 4.79 Å². The van der Waals surface area contributed by atoms with Crippen LogP contribution >= 0.6 is 0 Å². The van der Waals surface area contributed by atoms with Crippen molar-refractivity contribution in [1.29, 1.82) is 0 Å². The number of hydrogen-bond acceptors (Lipinski definition) is 5. The number of nitrogens with zero attached hydrogens (tertiary/aromatic N) is 1. The van der Waals surface area contributed by atoms with Crippen molar-refractivity contribution in [2.24, 2.45) is 5.73 Å². The molecule has 3 unspecified atom stereocenters. The molecule has 3 atom stereocenters. The number of nitrogens with two attached hydrogens (primary N) is 1. The van der Waals surface area contributed by atoms with Crippen LogP contribution < -0.4 is 16.4 Å². The summed E-state index contributed by atoms with van der Waals surface area (Å²) < 4.78 is 5.42. The van der Waals surface area contributed by atoms with Crippen molar-refractivity contribution in [2.45, 2.75) is 91.5 Å². The SMILES string of the molecule is CCC(C)N(C(=O)C(CCC(N)=O)NC(=O)OC(C)(C)C)C(C(=O)Nc1ccc2ccccc2c1)c1c(C)cccc1C. The molecule has 0 aliphatic rings. The minimum absolute atomic E-state index is 0.0495. The summed E-state index contributed by atoms with van der Waals surface area (Å²) in [7, 11) is 0. The lowest BCUT2D eigenvalue weighted by Crippen LogP contribution is -2.55. The Morgan fingerprint density at radius 2 is 1.56 bits per heavy atom. The van der Waals surface area contributed by atoms with E-state index in [2.05, 4.69) is 10.6 Å². The number of aryl methyl sites for hydroxylation is 2. The molecule has 9 nitrogen and oxygen atoms in total. The number of hydrogen-bond donors (Lipinski definition) is 3. The highest BCUT2D eigenvalue weighted by Gasteiger charge is 2.39. The molecule has 230 valence electrons. The Bertz CT molecular complexity index is 1460. The minimum atomic E-state index is -1.16. The molecule has 0 bridgehead atoms. The van der Waals surface area contributed by atoms with Crippen LogP contribution in [0.2, 0.25) is 0 Å². The molecule has 0 aromatic heterocycles. The van der Waals surface area contributed by atoms with E-state index >= 15 is 0 Å². The van der Waals surface area contributed by atoms with Gasteiger partial charge < -0.3 is 26.0 Å². The van der Waals surface area contributed by atoms with Crippen LogP contribution in [-0.4, -0.2) is 46.4 Å². The van der Waals surface area contributed by atoms with Crippen molar-refractivity contribution in [3.05, 3.63) is 77.4 Å². The monoisotopic (exact) mass is 588 g/mol. The lowest BCUT2D eigenvalue weighted by atomic mass is 9.92. The van der Waals surface area contributed by atoms with Crippen molar-refractivity contribution in [2.75, 3.05) is 5.32 Å². The summed E-state index contributed by atoms with van der Waals surface area (Å²) in [6.07, 6.45) is -0.460. The minimum Gasteiger partial charge on any atom is -0.444 e. The zero-order valence-corrected chi connectivity index (χ0v) is 26.2. The summed E-state index contributed by atoms with van der Waals surface area (Å²) >= 11 is 0. The summed E-state index contributed by atoms with van der Waals surface area (Å²) in [4.78, 5) is 54.9. The molecule has 43 heavy (non-hydrogen) atoms. The Labute approximate surface area is 254 Å². The van der Waals surface area contributed by atoms with E-state index in [1.165, 1.54) is 4.90 Å². The standard InChI is InChI=1S/C34H44N4O5/c1-8-23(4)38(32(41)27(18-19-28(35)39)37-33(42)43-34(5,6)7)30(29-21(2)12-11-13-22(29)3)31(40)36-26-17-16-24-14-9-10-15-25(24)20-26/h9-17,20,23,27,30H,8,18-19H2,1-7H3,(H2,35,39)(H,36,40)(H,37,42). The molecule has 0 fully saturated rings. The average Bonchev–Trinajstić information content (AvgIpc) is 2.92. The molecule has 3 aromatic rings. The lowest BCUT2D eigenvalue weighted by molar-refractivity contribution is -0.143. The van der Waals surface area contributed by atoms with E-state index in [0.29, 0.717) is 17.7 Å². The van der Waals surface area contributed by atoms with E-state index in [1.807, 2.05) is 88.4 Å². The van der Waals surface area contributed by atoms with Crippen LogP contribution in [0.25, 0.3) is 10.8 Å². The molecule has 0 spiro atoms. The summed E-state index contributed by atoms with van der Waals surface area (Å²) in [5, 5.41) is 7.68. The fourth-order valence-electron chi connectivity index (χ4n) is 5.10. The number of nitrogens with one attached hydrogen (secondary N) is 2. The van der Waals surface area contributed by atoms with Crippen LogP contribution in [0.3, 0.4) is 0 Å². The smallest absolute Gasteiger partial charge is 0.408 e. The van der Waals surface area contributed by atoms with Gasteiger partial charge in [0.1, 0.15) is 17.7 Å². The van der Waals surface area contributed by atoms with Gasteiger partial charge in [-0.1, -0.05) is 55.5 Å². The van der Waals surface area contributed by atoms with Gasteiger partial charge >= 0.3 is 6.09 Å². The number of alkyl carbamates (subject to hydrolysis) is 1. The average molecular weight is 589 g/mol. The molecule has 0 aliphatic heterocycles. The van der Waals surface area contributed by atoms with Crippen LogP contribution in [0.4, 0.5) is 10.5 Å². The number of carbonyl (C=O) groups is 4. The highest BCUT2D eigenvalue weighted by atomic mass is 16.6. The fraction of sp³-hybridized carbons (Fsp3) is 0.412. The first-order valence-electron chi connectivity index (χ1n) is 14.7. The Balaban J connectivity index is 2.11. The summed E-state index contributed by atoms with van der Waals surface area (Å²) in [6, 6.07) is 16.6. The first-order valence-corrected chi connectivity index (χ1v) is 14.7. The zero-order valence-electron chi connectivity index (χ0n) is 26.2. The van der Waals surface area contributed by atoms with Gasteiger partial charge in [-0.05, 0) is 94.0 Å².